The number of ether oxygens (including phenoxy) is 2. The Hall–Kier alpha value is -2.41. The van der Waals surface area contributed by atoms with Crippen molar-refractivity contribution in [2.45, 2.75) is 26.6 Å². The molecule has 0 saturated heterocycles. The Balaban J connectivity index is 2.35. The van der Waals surface area contributed by atoms with E-state index in [9.17, 15) is 18.0 Å². The Bertz CT molecular complexity index is 822. The minimum absolute atomic E-state index is 0.247. The first kappa shape index (κ1) is 19.9. The van der Waals surface area contributed by atoms with Gasteiger partial charge in [-0.1, -0.05) is 17.7 Å². The maximum Gasteiger partial charge on any atom is 0.419 e. The number of carbonyl (C=O) groups excluding carboxylic acids is 1. The molecular formula is C18H17ClF3NO3. The number of aryl methyl sites for hydroxylation is 2. The zero-order valence-corrected chi connectivity index (χ0v) is 15.1. The third-order valence-electron chi connectivity index (χ3n) is 3.81. The van der Waals surface area contributed by atoms with Gasteiger partial charge in [-0.2, -0.15) is 13.2 Å². The van der Waals surface area contributed by atoms with E-state index in [1.165, 1.54) is 13.2 Å². The van der Waals surface area contributed by atoms with Gasteiger partial charge in [-0.15, -0.1) is 0 Å². The lowest BCUT2D eigenvalue weighted by Gasteiger charge is -2.18. The first-order valence-electron chi connectivity index (χ1n) is 7.57. The number of hydrogen-bond acceptors (Lipinski definition) is 3. The van der Waals surface area contributed by atoms with Crippen LogP contribution in [0.2, 0.25) is 5.02 Å². The van der Waals surface area contributed by atoms with Crippen LogP contribution in [-0.4, -0.2) is 13.2 Å². The Morgan fingerprint density at radius 2 is 1.85 bits per heavy atom. The smallest absolute Gasteiger partial charge is 0.419 e. The summed E-state index contributed by atoms with van der Waals surface area (Å²) in [7, 11) is 1.20. The lowest BCUT2D eigenvalue weighted by Crippen LogP contribution is -2.14. The third-order valence-corrected chi connectivity index (χ3v) is 4.17. The van der Waals surface area contributed by atoms with Gasteiger partial charge in [0.05, 0.1) is 18.4 Å². The summed E-state index contributed by atoms with van der Waals surface area (Å²) in [6, 6.07) is 7.07. The van der Waals surface area contributed by atoms with Crippen molar-refractivity contribution in [2.75, 3.05) is 12.4 Å². The van der Waals surface area contributed by atoms with Crippen LogP contribution in [-0.2, 0) is 17.5 Å². The Morgan fingerprint density at radius 3 is 2.46 bits per heavy atom. The standard InChI is InChI=1S/C18H17ClF3NO3/c1-10-7-13(18(20,21)22)16(8-11(10)2)26-9-12-14(19)5-4-6-15(12)23-17(24)25-3/h4-8H,9H2,1-3H3,(H,23,24). The highest BCUT2D eigenvalue weighted by atomic mass is 35.5. The van der Waals surface area contributed by atoms with Crippen molar-refractivity contribution >= 4 is 23.4 Å². The molecule has 0 atom stereocenters. The third kappa shape index (κ3) is 4.60. The summed E-state index contributed by atoms with van der Waals surface area (Å²) in [6.07, 6.45) is -5.28. The number of alkyl halides is 3. The van der Waals surface area contributed by atoms with Crippen molar-refractivity contribution in [3.8, 4) is 5.75 Å². The molecule has 0 radical (unpaired) electrons. The van der Waals surface area contributed by atoms with Gasteiger partial charge in [0.2, 0.25) is 0 Å². The van der Waals surface area contributed by atoms with Crippen LogP contribution in [0.5, 0.6) is 5.75 Å². The molecule has 0 aliphatic heterocycles. The normalized spacial score (nSPS) is 11.2. The van der Waals surface area contributed by atoms with Gasteiger partial charge in [0.15, 0.2) is 0 Å². The Kier molecular flexibility index (Phi) is 6.02. The topological polar surface area (TPSA) is 47.6 Å². The number of rotatable bonds is 4. The van der Waals surface area contributed by atoms with Gasteiger partial charge in [-0.3, -0.25) is 5.32 Å². The van der Waals surface area contributed by atoms with E-state index in [4.69, 9.17) is 16.3 Å². The van der Waals surface area contributed by atoms with Gasteiger partial charge in [0, 0.05) is 10.6 Å². The average molecular weight is 388 g/mol. The fraction of sp³-hybridized carbons (Fsp3) is 0.278. The van der Waals surface area contributed by atoms with Crippen molar-refractivity contribution in [3.05, 3.63) is 57.6 Å². The average Bonchev–Trinajstić information content (AvgIpc) is 2.56. The molecule has 0 aliphatic rings. The summed E-state index contributed by atoms with van der Waals surface area (Å²) in [5.74, 6) is -0.301. The molecular weight excluding hydrogens is 371 g/mol. The number of amides is 1. The Labute approximate surface area is 153 Å². The molecule has 4 nitrogen and oxygen atoms in total. The van der Waals surface area contributed by atoms with Crippen molar-refractivity contribution in [1.82, 2.24) is 0 Å². The zero-order chi connectivity index (χ0) is 19.5. The molecule has 0 bridgehead atoms. The zero-order valence-electron chi connectivity index (χ0n) is 14.3. The molecule has 8 heteroatoms. The first-order valence-corrected chi connectivity index (χ1v) is 7.95. The summed E-state index contributed by atoms with van der Waals surface area (Å²) in [5, 5.41) is 2.70. The van der Waals surface area contributed by atoms with Crippen LogP contribution in [0.3, 0.4) is 0 Å². The molecule has 1 N–H and O–H groups in total. The number of methoxy groups -OCH3 is 1. The summed E-state index contributed by atoms with van der Waals surface area (Å²) < 4.78 is 49.8. The fourth-order valence-corrected chi connectivity index (χ4v) is 2.49. The second kappa shape index (κ2) is 7.86. The molecule has 0 fully saturated rings. The molecule has 0 aliphatic carbocycles. The van der Waals surface area contributed by atoms with E-state index in [1.807, 2.05) is 0 Å². The maximum absolute atomic E-state index is 13.3. The highest BCUT2D eigenvalue weighted by molar-refractivity contribution is 6.31. The van der Waals surface area contributed by atoms with Gasteiger partial charge in [0.25, 0.3) is 0 Å². The number of carbonyl (C=O) groups is 1. The van der Waals surface area contributed by atoms with Crippen LogP contribution in [0.25, 0.3) is 0 Å². The van der Waals surface area contributed by atoms with E-state index in [1.54, 1.807) is 32.0 Å². The summed E-state index contributed by atoms with van der Waals surface area (Å²) >= 11 is 6.11. The van der Waals surface area contributed by atoms with E-state index in [-0.39, 0.29) is 17.4 Å². The molecule has 0 saturated carbocycles. The molecule has 1 amide bonds. The first-order chi connectivity index (χ1) is 12.1. The highest BCUT2D eigenvalue weighted by Crippen LogP contribution is 2.38. The van der Waals surface area contributed by atoms with Gasteiger partial charge in [-0.25, -0.2) is 4.79 Å². The predicted molar refractivity (Wildman–Crippen MR) is 92.7 cm³/mol. The summed E-state index contributed by atoms with van der Waals surface area (Å²) in [5.41, 5.74) is 0.943. The molecule has 0 heterocycles. The van der Waals surface area contributed by atoms with Crippen LogP contribution >= 0.6 is 11.6 Å². The lowest BCUT2D eigenvalue weighted by molar-refractivity contribution is -0.139. The van der Waals surface area contributed by atoms with Crippen molar-refractivity contribution < 1.29 is 27.4 Å². The minimum atomic E-state index is -4.55. The number of nitrogens with one attached hydrogen (secondary N) is 1. The largest absolute Gasteiger partial charge is 0.488 e. The molecule has 2 aromatic carbocycles. The van der Waals surface area contributed by atoms with E-state index in [0.717, 1.165) is 6.07 Å². The SMILES string of the molecule is COC(=O)Nc1cccc(Cl)c1COc1cc(C)c(C)cc1C(F)(F)F. The number of halogens is 4. The number of anilines is 1. The number of hydrogen-bond donors (Lipinski definition) is 1. The van der Waals surface area contributed by atoms with E-state index in [2.05, 4.69) is 10.1 Å². The lowest BCUT2D eigenvalue weighted by atomic mass is 10.0. The highest BCUT2D eigenvalue weighted by Gasteiger charge is 2.35. The van der Waals surface area contributed by atoms with Crippen LogP contribution in [0.4, 0.5) is 23.7 Å². The molecule has 0 spiro atoms. The van der Waals surface area contributed by atoms with E-state index < -0.39 is 17.8 Å². The van der Waals surface area contributed by atoms with Gasteiger partial charge >= 0.3 is 12.3 Å². The molecule has 26 heavy (non-hydrogen) atoms. The maximum atomic E-state index is 13.3. The number of benzene rings is 2. The van der Waals surface area contributed by atoms with Crippen molar-refractivity contribution in [3.63, 3.8) is 0 Å². The van der Waals surface area contributed by atoms with Crippen LogP contribution < -0.4 is 10.1 Å². The van der Waals surface area contributed by atoms with Gasteiger partial charge < -0.3 is 9.47 Å². The Morgan fingerprint density at radius 1 is 1.19 bits per heavy atom. The second-order valence-corrected chi connectivity index (χ2v) is 6.01. The van der Waals surface area contributed by atoms with E-state index in [0.29, 0.717) is 22.4 Å². The minimum Gasteiger partial charge on any atom is -0.488 e. The van der Waals surface area contributed by atoms with Crippen molar-refractivity contribution in [1.29, 1.82) is 0 Å². The molecule has 140 valence electrons. The second-order valence-electron chi connectivity index (χ2n) is 5.60. The van der Waals surface area contributed by atoms with Crippen LogP contribution in [0, 0.1) is 13.8 Å². The molecule has 2 rings (SSSR count). The van der Waals surface area contributed by atoms with Crippen LogP contribution in [0.15, 0.2) is 30.3 Å². The fourth-order valence-electron chi connectivity index (χ4n) is 2.26. The molecule has 2 aromatic rings. The molecule has 0 unspecified atom stereocenters. The monoisotopic (exact) mass is 387 g/mol. The summed E-state index contributed by atoms with van der Waals surface area (Å²) in [4.78, 5) is 11.4. The molecule has 0 aromatic heterocycles. The van der Waals surface area contributed by atoms with Crippen molar-refractivity contribution in [2.24, 2.45) is 0 Å². The quantitative estimate of drug-likeness (QED) is 0.728. The van der Waals surface area contributed by atoms with E-state index >= 15 is 0 Å². The van der Waals surface area contributed by atoms with Gasteiger partial charge in [0.1, 0.15) is 12.4 Å². The van der Waals surface area contributed by atoms with Gasteiger partial charge in [-0.05, 0) is 49.2 Å². The van der Waals surface area contributed by atoms with Crippen LogP contribution in [0.1, 0.15) is 22.3 Å². The predicted octanol–water partition coefficient (Wildman–Crippen LogP) is 5.73. The summed E-state index contributed by atoms with van der Waals surface area (Å²) in [6.45, 7) is 3.04.